The summed E-state index contributed by atoms with van der Waals surface area (Å²) >= 11 is 1.29. The van der Waals surface area contributed by atoms with Gasteiger partial charge in [-0.05, 0) is 25.7 Å². The molecular weight excluding hydrogens is 252 g/mol. The predicted octanol–water partition coefficient (Wildman–Crippen LogP) is 1.39. The Morgan fingerprint density at radius 1 is 1.50 bits per heavy atom. The predicted molar refractivity (Wildman–Crippen MR) is 69.1 cm³/mol. The molecule has 0 heterocycles. The highest BCUT2D eigenvalue weighted by molar-refractivity contribution is 7.99. The molecule has 1 fully saturated rings. The average molecular weight is 270 g/mol. The number of carboxylic acid groups (broad SMARTS) is 1. The third kappa shape index (κ3) is 4.22. The van der Waals surface area contributed by atoms with Crippen molar-refractivity contribution in [1.82, 2.24) is 5.32 Å². The fourth-order valence-corrected chi connectivity index (χ4v) is 2.82. The summed E-state index contributed by atoms with van der Waals surface area (Å²) in [5.74, 6) is -0.879. The second-order valence-corrected chi connectivity index (χ2v) is 5.73. The first-order valence-electron chi connectivity index (χ1n) is 6.02. The molecule has 0 aromatic rings. The Labute approximate surface area is 111 Å². The van der Waals surface area contributed by atoms with Crippen LogP contribution >= 0.6 is 11.8 Å². The first kappa shape index (κ1) is 14.8. The molecule has 5 nitrogen and oxygen atoms in total. The molecule has 1 saturated carbocycles. The number of nitrogens with zero attached hydrogens (tertiary/aromatic N) is 1. The van der Waals surface area contributed by atoms with Crippen molar-refractivity contribution in [2.45, 2.75) is 38.1 Å². The van der Waals surface area contributed by atoms with Crippen molar-refractivity contribution in [1.29, 1.82) is 5.26 Å². The van der Waals surface area contributed by atoms with Gasteiger partial charge in [0.15, 0.2) is 0 Å². The second-order valence-electron chi connectivity index (χ2n) is 4.70. The Morgan fingerprint density at radius 3 is 2.61 bits per heavy atom. The van der Waals surface area contributed by atoms with Crippen molar-refractivity contribution in [3.63, 3.8) is 0 Å². The van der Waals surface area contributed by atoms with Gasteiger partial charge in [0.2, 0.25) is 5.91 Å². The molecule has 1 rings (SSSR count). The van der Waals surface area contributed by atoms with Gasteiger partial charge in [-0.3, -0.25) is 9.59 Å². The van der Waals surface area contributed by atoms with E-state index in [1.54, 1.807) is 6.92 Å². The highest BCUT2D eigenvalue weighted by Gasteiger charge is 2.35. The summed E-state index contributed by atoms with van der Waals surface area (Å²) < 4.78 is 0. The quantitative estimate of drug-likeness (QED) is 0.761. The van der Waals surface area contributed by atoms with E-state index in [9.17, 15) is 9.59 Å². The average Bonchev–Trinajstić information content (AvgIpc) is 2.77. The Kier molecular flexibility index (Phi) is 5.48. The van der Waals surface area contributed by atoms with Crippen molar-refractivity contribution in [2.75, 3.05) is 11.5 Å². The SMILES string of the molecule is CC(CSCC(=O)NC1(C#N)CCCC1)C(=O)O. The molecular formula is C12H18N2O3S. The van der Waals surface area contributed by atoms with Gasteiger partial charge in [0.25, 0.3) is 0 Å². The van der Waals surface area contributed by atoms with Crippen LogP contribution in [0.2, 0.25) is 0 Å². The van der Waals surface area contributed by atoms with E-state index in [1.807, 2.05) is 0 Å². The van der Waals surface area contributed by atoms with E-state index in [1.165, 1.54) is 11.8 Å². The topological polar surface area (TPSA) is 90.2 Å². The van der Waals surface area contributed by atoms with Crippen molar-refractivity contribution in [2.24, 2.45) is 5.92 Å². The van der Waals surface area contributed by atoms with E-state index in [-0.39, 0.29) is 11.7 Å². The molecule has 0 aromatic carbocycles. The van der Waals surface area contributed by atoms with Crippen LogP contribution < -0.4 is 5.32 Å². The Morgan fingerprint density at radius 2 is 2.11 bits per heavy atom. The van der Waals surface area contributed by atoms with E-state index in [0.717, 1.165) is 12.8 Å². The first-order valence-corrected chi connectivity index (χ1v) is 7.17. The molecule has 0 saturated heterocycles. The molecule has 1 aliphatic carbocycles. The maximum atomic E-state index is 11.7. The van der Waals surface area contributed by atoms with Crippen LogP contribution in [0.1, 0.15) is 32.6 Å². The monoisotopic (exact) mass is 270 g/mol. The number of rotatable bonds is 6. The van der Waals surface area contributed by atoms with Gasteiger partial charge < -0.3 is 10.4 Å². The Bertz CT molecular complexity index is 359. The van der Waals surface area contributed by atoms with E-state index in [0.29, 0.717) is 18.6 Å². The molecule has 0 aliphatic heterocycles. The highest BCUT2D eigenvalue weighted by atomic mass is 32.2. The highest BCUT2D eigenvalue weighted by Crippen LogP contribution is 2.28. The number of amides is 1. The number of thioether (sulfide) groups is 1. The molecule has 18 heavy (non-hydrogen) atoms. The van der Waals surface area contributed by atoms with Crippen molar-refractivity contribution in [3.05, 3.63) is 0 Å². The molecule has 1 unspecified atom stereocenters. The Hall–Kier alpha value is -1.22. The van der Waals surface area contributed by atoms with Gasteiger partial charge in [-0.25, -0.2) is 0 Å². The van der Waals surface area contributed by atoms with Crippen LogP contribution in [0.3, 0.4) is 0 Å². The lowest BCUT2D eigenvalue weighted by Crippen LogP contribution is -2.45. The molecule has 1 amide bonds. The fourth-order valence-electron chi connectivity index (χ4n) is 1.95. The lowest BCUT2D eigenvalue weighted by atomic mass is 10.0. The van der Waals surface area contributed by atoms with Crippen LogP contribution in [0, 0.1) is 17.2 Å². The zero-order chi connectivity index (χ0) is 13.6. The van der Waals surface area contributed by atoms with Crippen LogP contribution in [-0.2, 0) is 9.59 Å². The molecule has 0 radical (unpaired) electrons. The lowest BCUT2D eigenvalue weighted by molar-refractivity contribution is -0.140. The number of carboxylic acids is 1. The molecule has 6 heteroatoms. The maximum Gasteiger partial charge on any atom is 0.307 e. The third-order valence-corrected chi connectivity index (χ3v) is 4.27. The molecule has 0 aromatic heterocycles. The van der Waals surface area contributed by atoms with E-state index in [4.69, 9.17) is 10.4 Å². The van der Waals surface area contributed by atoms with Gasteiger partial charge >= 0.3 is 5.97 Å². The minimum absolute atomic E-state index is 0.180. The fraction of sp³-hybridized carbons (Fsp3) is 0.750. The largest absolute Gasteiger partial charge is 0.481 e. The smallest absolute Gasteiger partial charge is 0.307 e. The van der Waals surface area contributed by atoms with E-state index >= 15 is 0 Å². The van der Waals surface area contributed by atoms with Gasteiger partial charge in [-0.15, -0.1) is 0 Å². The third-order valence-electron chi connectivity index (χ3n) is 3.07. The summed E-state index contributed by atoms with van der Waals surface area (Å²) in [4.78, 5) is 22.3. The van der Waals surface area contributed by atoms with Gasteiger partial charge in [0, 0.05) is 5.75 Å². The summed E-state index contributed by atoms with van der Waals surface area (Å²) in [6.07, 6.45) is 3.37. The minimum Gasteiger partial charge on any atom is -0.481 e. The van der Waals surface area contributed by atoms with Gasteiger partial charge in [0.1, 0.15) is 5.54 Å². The maximum absolute atomic E-state index is 11.7. The van der Waals surface area contributed by atoms with Crippen LogP contribution in [0.5, 0.6) is 0 Å². The second kappa shape index (κ2) is 6.64. The van der Waals surface area contributed by atoms with Crippen LogP contribution in [-0.4, -0.2) is 34.0 Å². The number of carbonyl (C=O) groups excluding carboxylic acids is 1. The van der Waals surface area contributed by atoms with Gasteiger partial charge in [0.05, 0.1) is 17.7 Å². The van der Waals surface area contributed by atoms with Crippen molar-refractivity contribution >= 4 is 23.6 Å². The minimum atomic E-state index is -0.854. The molecule has 2 N–H and O–H groups in total. The molecule has 0 spiro atoms. The summed E-state index contributed by atoms with van der Waals surface area (Å²) in [5, 5.41) is 20.6. The molecule has 100 valence electrons. The van der Waals surface area contributed by atoms with Crippen molar-refractivity contribution < 1.29 is 14.7 Å². The number of nitriles is 1. The van der Waals surface area contributed by atoms with Gasteiger partial charge in [-0.2, -0.15) is 17.0 Å². The molecule has 1 atom stereocenters. The number of carbonyl (C=O) groups is 2. The lowest BCUT2D eigenvalue weighted by Gasteiger charge is -2.21. The summed E-state index contributed by atoms with van der Waals surface area (Å²) in [5.41, 5.74) is -0.684. The zero-order valence-corrected chi connectivity index (χ0v) is 11.3. The van der Waals surface area contributed by atoms with Crippen LogP contribution in [0.25, 0.3) is 0 Å². The summed E-state index contributed by atoms with van der Waals surface area (Å²) in [6, 6.07) is 2.19. The van der Waals surface area contributed by atoms with E-state index in [2.05, 4.69) is 11.4 Å². The van der Waals surface area contributed by atoms with Crippen molar-refractivity contribution in [3.8, 4) is 6.07 Å². The number of nitrogens with one attached hydrogen (secondary N) is 1. The van der Waals surface area contributed by atoms with Crippen LogP contribution in [0.4, 0.5) is 0 Å². The molecule has 1 aliphatic rings. The first-order chi connectivity index (χ1) is 8.49. The summed E-state index contributed by atoms with van der Waals surface area (Å²) in [7, 11) is 0. The normalized spacial score (nSPS) is 18.9. The van der Waals surface area contributed by atoms with E-state index < -0.39 is 17.4 Å². The number of hydrogen-bond acceptors (Lipinski definition) is 4. The number of aliphatic carboxylic acids is 1. The molecule has 0 bridgehead atoms. The van der Waals surface area contributed by atoms with Gasteiger partial charge in [-0.1, -0.05) is 6.92 Å². The number of hydrogen-bond donors (Lipinski definition) is 2. The standard InChI is InChI=1S/C12H18N2O3S/c1-9(11(16)17)6-18-7-10(15)14-12(8-13)4-2-3-5-12/h9H,2-7H2,1H3,(H,14,15)(H,16,17). The summed E-state index contributed by atoms with van der Waals surface area (Å²) in [6.45, 7) is 1.61. The zero-order valence-electron chi connectivity index (χ0n) is 10.4. The van der Waals surface area contributed by atoms with Crippen LogP contribution in [0.15, 0.2) is 0 Å². The Balaban J connectivity index is 2.30.